The highest BCUT2D eigenvalue weighted by molar-refractivity contribution is 6.00. The van der Waals surface area contributed by atoms with Crippen molar-refractivity contribution in [2.24, 2.45) is 0 Å². The molecule has 4 rings (SSSR count). The topological polar surface area (TPSA) is 73.2 Å². The molecule has 0 bridgehead atoms. The van der Waals surface area contributed by atoms with Crippen molar-refractivity contribution in [2.45, 2.75) is 13.1 Å². The van der Waals surface area contributed by atoms with E-state index in [1.165, 1.54) is 11.0 Å². The van der Waals surface area contributed by atoms with Crippen LogP contribution < -0.4 is 14.4 Å². The van der Waals surface area contributed by atoms with Gasteiger partial charge in [0, 0.05) is 23.5 Å². The summed E-state index contributed by atoms with van der Waals surface area (Å²) in [5.41, 5.74) is 2.92. The van der Waals surface area contributed by atoms with Gasteiger partial charge in [-0.15, -0.1) is 0 Å². The number of ether oxygens (including phenoxy) is 2. The molecule has 0 spiro atoms. The number of quaternary nitrogens is 1. The van der Waals surface area contributed by atoms with E-state index in [2.05, 4.69) is 16.8 Å². The van der Waals surface area contributed by atoms with Crippen molar-refractivity contribution in [3.05, 3.63) is 102 Å². The van der Waals surface area contributed by atoms with Gasteiger partial charge in [0.1, 0.15) is 18.0 Å². The summed E-state index contributed by atoms with van der Waals surface area (Å²) < 4.78 is 10.4. The maximum atomic E-state index is 13.5. The summed E-state index contributed by atoms with van der Waals surface area (Å²) in [5.74, 6) is 7.11. The van der Waals surface area contributed by atoms with Gasteiger partial charge in [-0.1, -0.05) is 18.1 Å². The maximum Gasteiger partial charge on any atom is 0.430 e. The number of carbonyl (C=O) groups is 2. The minimum atomic E-state index is -0.390. The van der Waals surface area contributed by atoms with E-state index in [9.17, 15) is 9.59 Å². The van der Waals surface area contributed by atoms with E-state index in [0.29, 0.717) is 22.9 Å². The Morgan fingerprint density at radius 2 is 1.41 bits per heavy atom. The molecule has 0 fully saturated rings. The molecule has 0 saturated heterocycles. The lowest BCUT2D eigenvalue weighted by Gasteiger charge is -2.27. The predicted octanol–water partition coefficient (Wildman–Crippen LogP) is 2.58. The average Bonchev–Trinajstić information content (AvgIpc) is 2.88. The molecule has 1 N–H and O–H groups in total. The van der Waals surface area contributed by atoms with Gasteiger partial charge >= 0.3 is 6.03 Å². The van der Waals surface area contributed by atoms with Crippen LogP contribution in [0.25, 0.3) is 0 Å². The van der Waals surface area contributed by atoms with Crippen LogP contribution in [0.2, 0.25) is 0 Å². The molecule has 0 aliphatic carbocycles. The summed E-state index contributed by atoms with van der Waals surface area (Å²) in [7, 11) is 3.19. The summed E-state index contributed by atoms with van der Waals surface area (Å²) in [4.78, 5) is 32.2. The Morgan fingerprint density at radius 1 is 0.824 bits per heavy atom. The summed E-state index contributed by atoms with van der Waals surface area (Å²) in [5, 5.41) is 0. The minimum absolute atomic E-state index is 0.162. The molecule has 0 radical (unpaired) electrons. The molecule has 0 saturated carbocycles. The first-order valence-corrected chi connectivity index (χ1v) is 10.7. The molecule has 2 aromatic carbocycles. The molecule has 1 unspecified atom stereocenters. The van der Waals surface area contributed by atoms with Crippen LogP contribution in [-0.2, 0) is 17.9 Å². The number of hydrogen-bond donors (Lipinski definition) is 1. The molecule has 170 valence electrons. The van der Waals surface area contributed by atoms with Gasteiger partial charge in [-0.25, -0.2) is 14.6 Å². The molecular formula is C27H24N3O4+. The second kappa shape index (κ2) is 10.5. The van der Waals surface area contributed by atoms with Gasteiger partial charge in [0.05, 0.1) is 26.8 Å². The van der Waals surface area contributed by atoms with Crippen LogP contribution in [0.1, 0.15) is 16.7 Å². The highest BCUT2D eigenvalue weighted by atomic mass is 16.5. The zero-order valence-corrected chi connectivity index (χ0v) is 18.9. The fourth-order valence-electron chi connectivity index (χ4n) is 3.53. The molecule has 2 heterocycles. The lowest BCUT2D eigenvalue weighted by Crippen LogP contribution is -3.14. The fourth-order valence-corrected chi connectivity index (χ4v) is 3.53. The first kappa shape index (κ1) is 22.8. The van der Waals surface area contributed by atoms with E-state index in [-0.39, 0.29) is 12.6 Å². The molecule has 3 aromatic rings. The van der Waals surface area contributed by atoms with E-state index in [1.54, 1.807) is 50.9 Å². The lowest BCUT2D eigenvalue weighted by molar-refractivity contribution is -0.788. The third-order valence-electron chi connectivity index (χ3n) is 5.42. The Kier molecular flexibility index (Phi) is 7.01. The highest BCUT2D eigenvalue weighted by Crippen LogP contribution is 2.15. The Hall–Kier alpha value is -4.41. The standard InChI is InChI=1S/C27H23N3O4/c1-33-24-9-4-21(5-10-24)18-29-23(8-3-20-13-15-28-16-14-20)17-26(31)30(27(29)32)19-22-6-11-25(34-2)12-7-22/h4-7,9-17H,18-19H2,1-2H3/p+1. The third kappa shape index (κ3) is 5.31. The minimum Gasteiger partial charge on any atom is -0.497 e. The van der Waals surface area contributed by atoms with E-state index < -0.39 is 5.91 Å². The summed E-state index contributed by atoms with van der Waals surface area (Å²) in [6, 6.07) is 18.0. The number of allylic oxidation sites excluding steroid dienone is 1. The van der Waals surface area contributed by atoms with E-state index in [0.717, 1.165) is 22.4 Å². The van der Waals surface area contributed by atoms with Crippen molar-refractivity contribution < 1.29 is 24.0 Å². The van der Waals surface area contributed by atoms with Crippen LogP contribution in [0.15, 0.2) is 84.8 Å². The monoisotopic (exact) mass is 454 g/mol. The molecular weight excluding hydrogens is 430 g/mol. The number of amides is 3. The van der Waals surface area contributed by atoms with Crippen molar-refractivity contribution >= 4 is 11.9 Å². The van der Waals surface area contributed by atoms with Gasteiger partial charge in [0.2, 0.25) is 0 Å². The molecule has 1 atom stereocenters. The van der Waals surface area contributed by atoms with Gasteiger partial charge in [-0.2, -0.15) is 0 Å². The number of carbonyl (C=O) groups excluding carboxylic acids is 2. The quantitative estimate of drug-likeness (QED) is 0.580. The van der Waals surface area contributed by atoms with Crippen LogP contribution in [0.4, 0.5) is 4.79 Å². The number of methoxy groups -OCH3 is 2. The Bertz CT molecular complexity index is 1260. The fraction of sp³-hybridized carbons (Fsp3) is 0.148. The number of nitrogens with zero attached hydrogens (tertiary/aromatic N) is 2. The largest absolute Gasteiger partial charge is 0.497 e. The van der Waals surface area contributed by atoms with Crippen molar-refractivity contribution in [1.82, 2.24) is 9.88 Å². The zero-order chi connectivity index (χ0) is 23.9. The predicted molar refractivity (Wildman–Crippen MR) is 126 cm³/mol. The number of aromatic nitrogens is 1. The highest BCUT2D eigenvalue weighted by Gasteiger charge is 2.38. The van der Waals surface area contributed by atoms with Gasteiger partial charge in [-0.3, -0.25) is 9.78 Å². The Balaban J connectivity index is 1.64. The number of pyridine rings is 1. The maximum absolute atomic E-state index is 13.5. The van der Waals surface area contributed by atoms with Crippen molar-refractivity contribution in [2.75, 3.05) is 14.2 Å². The first-order chi connectivity index (χ1) is 16.6. The molecule has 34 heavy (non-hydrogen) atoms. The number of imide groups is 1. The van der Waals surface area contributed by atoms with Gasteiger partial charge < -0.3 is 9.47 Å². The number of hydrogen-bond acceptors (Lipinski definition) is 5. The van der Waals surface area contributed by atoms with Crippen LogP contribution >= 0.6 is 0 Å². The second-order valence-electron chi connectivity index (χ2n) is 7.62. The van der Waals surface area contributed by atoms with Crippen LogP contribution in [0.3, 0.4) is 0 Å². The van der Waals surface area contributed by atoms with Crippen LogP contribution in [0.5, 0.6) is 11.5 Å². The SMILES string of the molecule is COc1ccc(CN2C(=O)C=C(C#Cc3ccncc3)[NH+](Cc3ccc(OC)cc3)C2=O)cc1. The average molecular weight is 455 g/mol. The number of rotatable bonds is 6. The normalized spacial score (nSPS) is 15.3. The first-order valence-electron chi connectivity index (χ1n) is 10.7. The van der Waals surface area contributed by atoms with Crippen LogP contribution in [-0.4, -0.2) is 36.0 Å². The smallest absolute Gasteiger partial charge is 0.430 e. The van der Waals surface area contributed by atoms with E-state index >= 15 is 0 Å². The number of urea groups is 1. The van der Waals surface area contributed by atoms with Crippen LogP contribution in [0, 0.1) is 11.8 Å². The van der Waals surface area contributed by atoms with Crippen molar-refractivity contribution in [3.8, 4) is 23.3 Å². The molecule has 3 amide bonds. The van der Waals surface area contributed by atoms with Gasteiger partial charge in [0.15, 0.2) is 5.70 Å². The van der Waals surface area contributed by atoms with E-state index in [1.807, 2.05) is 36.4 Å². The summed E-state index contributed by atoms with van der Waals surface area (Å²) in [6.45, 7) is 0.501. The van der Waals surface area contributed by atoms with Crippen molar-refractivity contribution in [1.29, 1.82) is 0 Å². The third-order valence-corrected chi connectivity index (χ3v) is 5.42. The molecule has 1 aliphatic heterocycles. The molecule has 7 heteroatoms. The second-order valence-corrected chi connectivity index (χ2v) is 7.62. The van der Waals surface area contributed by atoms with Crippen molar-refractivity contribution in [3.63, 3.8) is 0 Å². The van der Waals surface area contributed by atoms with Gasteiger partial charge in [-0.05, 0) is 60.0 Å². The van der Waals surface area contributed by atoms with E-state index in [4.69, 9.17) is 9.47 Å². The number of nitrogens with one attached hydrogen (secondary N) is 1. The summed E-state index contributed by atoms with van der Waals surface area (Å²) in [6.07, 6.45) is 4.74. The molecule has 7 nitrogen and oxygen atoms in total. The Labute approximate surface area is 198 Å². The summed E-state index contributed by atoms with van der Waals surface area (Å²) >= 11 is 0. The number of benzene rings is 2. The molecule has 1 aromatic heterocycles. The van der Waals surface area contributed by atoms with Gasteiger partial charge in [0.25, 0.3) is 5.91 Å². The lowest BCUT2D eigenvalue weighted by atomic mass is 10.1. The Morgan fingerprint density at radius 3 is 2.00 bits per heavy atom. The zero-order valence-electron chi connectivity index (χ0n) is 18.9. The molecule has 1 aliphatic rings.